The van der Waals surface area contributed by atoms with Crippen molar-refractivity contribution in [3.05, 3.63) is 95.8 Å². The summed E-state index contributed by atoms with van der Waals surface area (Å²) in [5, 5.41) is 19.7. The summed E-state index contributed by atoms with van der Waals surface area (Å²) in [6.07, 6.45) is 3.10. The highest BCUT2D eigenvalue weighted by Gasteiger charge is 2.47. The number of hydrogen-bond donors (Lipinski definition) is 2. The number of pyridine rings is 1. The van der Waals surface area contributed by atoms with Gasteiger partial charge in [0.2, 0.25) is 0 Å². The van der Waals surface area contributed by atoms with Crippen molar-refractivity contribution in [3.8, 4) is 5.75 Å². The molecule has 2 heterocycles. The number of carboxylic acid groups (broad SMARTS) is 1. The molecule has 1 aliphatic heterocycles. The third-order valence-electron chi connectivity index (χ3n) is 4.97. The molecule has 1 amide bonds. The highest BCUT2D eigenvalue weighted by Crippen LogP contribution is 2.42. The number of anilines is 1. The summed E-state index contributed by atoms with van der Waals surface area (Å²) >= 11 is 0. The van der Waals surface area contributed by atoms with Crippen molar-refractivity contribution in [2.75, 3.05) is 11.5 Å². The first-order chi connectivity index (χ1) is 15.5. The molecule has 1 atom stereocenters. The Labute approximate surface area is 183 Å². The third kappa shape index (κ3) is 3.93. The molecule has 2 aromatic carbocycles. The van der Waals surface area contributed by atoms with Gasteiger partial charge in [-0.2, -0.15) is 0 Å². The van der Waals surface area contributed by atoms with Gasteiger partial charge in [-0.1, -0.05) is 36.4 Å². The molecule has 8 nitrogen and oxygen atoms in total. The van der Waals surface area contributed by atoms with Gasteiger partial charge in [0.15, 0.2) is 6.61 Å². The van der Waals surface area contributed by atoms with Gasteiger partial charge in [-0.3, -0.25) is 19.5 Å². The Morgan fingerprint density at radius 1 is 0.969 bits per heavy atom. The van der Waals surface area contributed by atoms with Crippen molar-refractivity contribution in [2.24, 2.45) is 0 Å². The Kier molecular flexibility index (Phi) is 5.67. The number of aliphatic hydroxyl groups is 1. The number of aliphatic hydroxyl groups excluding tert-OH is 1. The van der Waals surface area contributed by atoms with Crippen LogP contribution in [0.25, 0.3) is 5.76 Å². The van der Waals surface area contributed by atoms with Gasteiger partial charge >= 0.3 is 5.97 Å². The van der Waals surface area contributed by atoms with Gasteiger partial charge in [0.05, 0.1) is 11.6 Å². The van der Waals surface area contributed by atoms with Gasteiger partial charge in [0.1, 0.15) is 11.5 Å². The summed E-state index contributed by atoms with van der Waals surface area (Å²) in [6, 6.07) is 17.2. The lowest BCUT2D eigenvalue weighted by Crippen LogP contribution is -2.29. The van der Waals surface area contributed by atoms with Crippen LogP contribution in [0.2, 0.25) is 0 Å². The standard InChI is InChI=1S/C24H18N2O6/c27-19(28)14-32-18-10-8-17(9-11-18)26-21(16-7-4-12-25-13-16)20(23(30)24(26)31)22(29)15-5-2-1-3-6-15/h1-13,21,29H,14H2,(H,27,28)/t21-/m1/s1. The summed E-state index contributed by atoms with van der Waals surface area (Å²) in [7, 11) is 0. The SMILES string of the molecule is O=C(O)COc1ccc(N2C(=O)C(=O)C(=C(O)c3ccccc3)[C@H]2c2cccnc2)cc1. The van der Waals surface area contributed by atoms with Crippen LogP contribution in [0.5, 0.6) is 5.75 Å². The predicted molar refractivity (Wildman–Crippen MR) is 115 cm³/mol. The van der Waals surface area contributed by atoms with Crippen LogP contribution in [0.1, 0.15) is 17.2 Å². The van der Waals surface area contributed by atoms with E-state index in [1.165, 1.54) is 23.2 Å². The second-order valence-corrected chi connectivity index (χ2v) is 7.00. The van der Waals surface area contributed by atoms with Crippen molar-refractivity contribution >= 4 is 29.1 Å². The number of nitrogens with zero attached hydrogens (tertiary/aromatic N) is 2. The average molecular weight is 430 g/mol. The predicted octanol–water partition coefficient (Wildman–Crippen LogP) is 3.17. The molecule has 8 heteroatoms. The molecule has 3 aromatic rings. The largest absolute Gasteiger partial charge is 0.507 e. The maximum absolute atomic E-state index is 13.0. The quantitative estimate of drug-likeness (QED) is 0.350. The van der Waals surface area contributed by atoms with Crippen LogP contribution in [0, 0.1) is 0 Å². The summed E-state index contributed by atoms with van der Waals surface area (Å²) in [5.74, 6) is -2.70. The molecule has 4 rings (SSSR count). The topological polar surface area (TPSA) is 117 Å². The molecule has 0 unspecified atom stereocenters. The number of carboxylic acids is 1. The lowest BCUT2D eigenvalue weighted by molar-refractivity contribution is -0.139. The summed E-state index contributed by atoms with van der Waals surface area (Å²) in [4.78, 5) is 42.1. The van der Waals surface area contributed by atoms with Gasteiger partial charge in [-0.15, -0.1) is 0 Å². The van der Waals surface area contributed by atoms with E-state index < -0.39 is 30.3 Å². The Hall–Kier alpha value is -4.46. The molecule has 0 saturated carbocycles. The smallest absolute Gasteiger partial charge is 0.341 e. The molecule has 160 valence electrons. The van der Waals surface area contributed by atoms with E-state index in [4.69, 9.17) is 9.84 Å². The van der Waals surface area contributed by atoms with Crippen LogP contribution in [0.15, 0.2) is 84.7 Å². The molecule has 2 N–H and O–H groups in total. The fourth-order valence-electron chi connectivity index (χ4n) is 3.55. The molecule has 0 aliphatic carbocycles. The number of ketones is 1. The van der Waals surface area contributed by atoms with Crippen LogP contribution in [-0.2, 0) is 14.4 Å². The van der Waals surface area contributed by atoms with Crippen LogP contribution >= 0.6 is 0 Å². The first-order valence-electron chi connectivity index (χ1n) is 9.68. The highest BCUT2D eigenvalue weighted by atomic mass is 16.5. The molecule has 1 aromatic heterocycles. The molecular weight excluding hydrogens is 412 g/mol. The van der Waals surface area contributed by atoms with Crippen LogP contribution in [-0.4, -0.2) is 39.5 Å². The van der Waals surface area contributed by atoms with E-state index in [0.717, 1.165) is 0 Å². The monoisotopic (exact) mass is 430 g/mol. The Morgan fingerprint density at radius 3 is 2.31 bits per heavy atom. The van der Waals surface area contributed by atoms with Crippen molar-refractivity contribution < 1.29 is 29.3 Å². The van der Waals surface area contributed by atoms with Gasteiger partial charge in [0.25, 0.3) is 11.7 Å². The van der Waals surface area contributed by atoms with E-state index in [1.54, 1.807) is 60.8 Å². The van der Waals surface area contributed by atoms with Crippen LogP contribution in [0.4, 0.5) is 5.69 Å². The minimum absolute atomic E-state index is 0.0413. The van der Waals surface area contributed by atoms with Gasteiger partial charge < -0.3 is 14.9 Å². The number of rotatable bonds is 6. The zero-order chi connectivity index (χ0) is 22.7. The fraction of sp³-hybridized carbons (Fsp3) is 0.0833. The maximum Gasteiger partial charge on any atom is 0.341 e. The zero-order valence-corrected chi connectivity index (χ0v) is 16.7. The molecular formula is C24H18N2O6. The second kappa shape index (κ2) is 8.73. The van der Waals surface area contributed by atoms with E-state index in [-0.39, 0.29) is 11.3 Å². The van der Waals surface area contributed by atoms with E-state index in [2.05, 4.69) is 4.98 Å². The van der Waals surface area contributed by atoms with Gasteiger partial charge in [0, 0.05) is 23.6 Å². The van der Waals surface area contributed by atoms with Gasteiger partial charge in [-0.05, 0) is 35.9 Å². The molecule has 1 fully saturated rings. The number of carbonyl (C=O) groups is 3. The molecule has 1 aliphatic rings. The lowest BCUT2D eigenvalue weighted by atomic mass is 9.96. The lowest BCUT2D eigenvalue weighted by Gasteiger charge is -2.25. The number of carbonyl (C=O) groups excluding carboxylic acids is 2. The van der Waals surface area contributed by atoms with E-state index in [1.807, 2.05) is 0 Å². The molecule has 32 heavy (non-hydrogen) atoms. The second-order valence-electron chi connectivity index (χ2n) is 7.00. The Morgan fingerprint density at radius 2 is 1.69 bits per heavy atom. The minimum atomic E-state index is -1.11. The highest BCUT2D eigenvalue weighted by molar-refractivity contribution is 6.51. The average Bonchev–Trinajstić information content (AvgIpc) is 3.09. The van der Waals surface area contributed by atoms with Crippen LogP contribution < -0.4 is 9.64 Å². The Bertz CT molecular complexity index is 1190. The normalized spacial score (nSPS) is 17.4. The number of ether oxygens (including phenoxy) is 1. The molecule has 0 bridgehead atoms. The zero-order valence-electron chi connectivity index (χ0n) is 16.7. The van der Waals surface area contributed by atoms with Crippen molar-refractivity contribution in [2.45, 2.75) is 6.04 Å². The molecule has 1 saturated heterocycles. The summed E-state index contributed by atoms with van der Waals surface area (Å²) < 4.78 is 5.13. The number of benzene rings is 2. The van der Waals surface area contributed by atoms with Gasteiger partial charge in [-0.25, -0.2) is 4.79 Å². The van der Waals surface area contributed by atoms with E-state index >= 15 is 0 Å². The number of Topliss-reactive ketones (excluding diaryl/α,β-unsaturated/α-hetero) is 1. The minimum Gasteiger partial charge on any atom is -0.507 e. The first kappa shape index (κ1) is 20.8. The fourth-order valence-corrected chi connectivity index (χ4v) is 3.55. The number of aliphatic carboxylic acids is 1. The van der Waals surface area contributed by atoms with Crippen LogP contribution in [0.3, 0.4) is 0 Å². The number of aromatic nitrogens is 1. The maximum atomic E-state index is 13.0. The van der Waals surface area contributed by atoms with Crippen molar-refractivity contribution in [1.82, 2.24) is 4.98 Å². The molecule has 0 spiro atoms. The number of amides is 1. The third-order valence-corrected chi connectivity index (χ3v) is 4.97. The van der Waals surface area contributed by atoms with E-state index in [9.17, 15) is 19.5 Å². The van der Waals surface area contributed by atoms with Crippen molar-refractivity contribution in [1.29, 1.82) is 0 Å². The Balaban J connectivity index is 1.80. The molecule has 0 radical (unpaired) electrons. The number of hydrogen-bond acceptors (Lipinski definition) is 6. The van der Waals surface area contributed by atoms with E-state index in [0.29, 0.717) is 22.6 Å². The summed E-state index contributed by atoms with van der Waals surface area (Å²) in [5.41, 5.74) is 1.31. The summed E-state index contributed by atoms with van der Waals surface area (Å²) in [6.45, 7) is -0.503. The first-order valence-corrected chi connectivity index (χ1v) is 9.68. The van der Waals surface area contributed by atoms with Crippen molar-refractivity contribution in [3.63, 3.8) is 0 Å².